The van der Waals surface area contributed by atoms with Crippen LogP contribution in [-0.4, -0.2) is 4.98 Å². The Kier molecular flexibility index (Phi) is 3.52. The average molecular weight is 161 g/mol. The van der Waals surface area contributed by atoms with Crippen LogP contribution in [0.4, 0.5) is 0 Å². The van der Waals surface area contributed by atoms with Crippen LogP contribution in [0.5, 0.6) is 0 Å². The number of hydrogen-bond donors (Lipinski definition) is 0. The second-order valence-electron chi connectivity index (χ2n) is 3.00. The van der Waals surface area contributed by atoms with Gasteiger partial charge in [-0.2, -0.15) is 0 Å². The van der Waals surface area contributed by atoms with Crippen molar-refractivity contribution in [3.63, 3.8) is 0 Å². The minimum Gasteiger partial charge on any atom is -0.257 e. The molecular weight excluding hydrogens is 146 g/mol. The maximum atomic E-state index is 4.20. The monoisotopic (exact) mass is 161 g/mol. The van der Waals surface area contributed by atoms with E-state index >= 15 is 0 Å². The Morgan fingerprint density at radius 2 is 2.33 bits per heavy atom. The van der Waals surface area contributed by atoms with Gasteiger partial charge in [-0.25, -0.2) is 0 Å². The molecule has 0 aromatic carbocycles. The molecule has 1 unspecified atom stereocenters. The molecule has 0 aliphatic heterocycles. The Hall–Kier alpha value is -1.11. The molecule has 1 heteroatoms. The highest BCUT2D eigenvalue weighted by atomic mass is 14.6. The molecule has 1 aromatic heterocycles. The maximum absolute atomic E-state index is 4.20. The molecule has 1 heterocycles. The van der Waals surface area contributed by atoms with Crippen LogP contribution in [0.3, 0.4) is 0 Å². The number of nitrogens with zero attached hydrogens (tertiary/aromatic N) is 1. The number of pyridine rings is 1. The summed E-state index contributed by atoms with van der Waals surface area (Å²) in [5.74, 6) is 0.645. The average Bonchev–Trinajstić information content (AvgIpc) is 2.16. The Morgan fingerprint density at radius 1 is 1.50 bits per heavy atom. The molecule has 0 saturated carbocycles. The predicted octanol–water partition coefficient (Wildman–Crippen LogP) is 3.14. The molecule has 1 aromatic rings. The molecule has 0 radical (unpaired) electrons. The molecule has 64 valence electrons. The molecule has 0 amide bonds. The molecule has 0 N–H and O–H groups in total. The summed E-state index contributed by atoms with van der Waals surface area (Å²) in [6, 6.07) is 5.95. The van der Waals surface area contributed by atoms with E-state index in [-0.39, 0.29) is 0 Å². The molecule has 0 spiro atoms. The summed E-state index contributed by atoms with van der Waals surface area (Å²) in [5.41, 5.74) is 1.04. The molecule has 0 fully saturated rings. The van der Waals surface area contributed by atoms with Gasteiger partial charge >= 0.3 is 0 Å². The van der Waals surface area contributed by atoms with Crippen LogP contribution in [0.25, 0.3) is 6.08 Å². The largest absolute Gasteiger partial charge is 0.257 e. The zero-order valence-corrected chi connectivity index (χ0v) is 7.70. The van der Waals surface area contributed by atoms with Crippen LogP contribution in [-0.2, 0) is 0 Å². The molecular formula is C11H15N. The Morgan fingerprint density at radius 3 is 2.92 bits per heavy atom. The number of hydrogen-bond acceptors (Lipinski definition) is 1. The first-order valence-corrected chi connectivity index (χ1v) is 4.42. The lowest BCUT2D eigenvalue weighted by Crippen LogP contribution is -1.84. The highest BCUT2D eigenvalue weighted by molar-refractivity contribution is 5.43. The lowest BCUT2D eigenvalue weighted by atomic mass is 10.1. The molecule has 1 atom stereocenters. The minimum atomic E-state index is 0.645. The van der Waals surface area contributed by atoms with E-state index in [4.69, 9.17) is 0 Å². The summed E-state index contributed by atoms with van der Waals surface area (Å²) in [6.45, 7) is 4.40. The molecule has 1 nitrogen and oxygen atoms in total. The maximum Gasteiger partial charge on any atom is 0.0626 e. The SMILES string of the molecule is CCC(C)/C=C/c1ccccn1. The van der Waals surface area contributed by atoms with Gasteiger partial charge in [0.15, 0.2) is 0 Å². The van der Waals surface area contributed by atoms with Gasteiger partial charge in [0.25, 0.3) is 0 Å². The summed E-state index contributed by atoms with van der Waals surface area (Å²) in [5, 5.41) is 0. The number of aromatic nitrogens is 1. The predicted molar refractivity (Wildman–Crippen MR) is 52.7 cm³/mol. The summed E-state index contributed by atoms with van der Waals surface area (Å²) >= 11 is 0. The van der Waals surface area contributed by atoms with Gasteiger partial charge < -0.3 is 0 Å². The van der Waals surface area contributed by atoms with Crippen molar-refractivity contribution in [1.82, 2.24) is 4.98 Å². The van der Waals surface area contributed by atoms with Gasteiger partial charge in [-0.3, -0.25) is 4.98 Å². The Balaban J connectivity index is 2.58. The van der Waals surface area contributed by atoms with Crippen LogP contribution in [0.15, 0.2) is 30.5 Å². The second kappa shape index (κ2) is 4.70. The van der Waals surface area contributed by atoms with E-state index < -0.39 is 0 Å². The van der Waals surface area contributed by atoms with Crippen LogP contribution in [0.1, 0.15) is 26.0 Å². The van der Waals surface area contributed by atoms with Crippen LogP contribution >= 0.6 is 0 Å². The van der Waals surface area contributed by atoms with E-state index in [1.807, 2.05) is 24.4 Å². The molecule has 0 aliphatic carbocycles. The fourth-order valence-corrected chi connectivity index (χ4v) is 0.873. The van der Waals surface area contributed by atoms with Crippen LogP contribution in [0, 0.1) is 5.92 Å². The van der Waals surface area contributed by atoms with Crippen LogP contribution < -0.4 is 0 Å². The van der Waals surface area contributed by atoms with Crippen molar-refractivity contribution in [1.29, 1.82) is 0 Å². The van der Waals surface area contributed by atoms with Gasteiger partial charge in [-0.15, -0.1) is 0 Å². The van der Waals surface area contributed by atoms with E-state index in [0.29, 0.717) is 5.92 Å². The lowest BCUT2D eigenvalue weighted by Gasteiger charge is -1.98. The third-order valence-corrected chi connectivity index (χ3v) is 1.93. The van der Waals surface area contributed by atoms with E-state index in [0.717, 1.165) is 5.69 Å². The number of rotatable bonds is 3. The number of allylic oxidation sites excluding steroid dienone is 1. The molecule has 0 bridgehead atoms. The topological polar surface area (TPSA) is 12.9 Å². The van der Waals surface area contributed by atoms with E-state index in [1.54, 1.807) is 0 Å². The fourth-order valence-electron chi connectivity index (χ4n) is 0.873. The zero-order chi connectivity index (χ0) is 8.81. The van der Waals surface area contributed by atoms with Gasteiger partial charge in [0.05, 0.1) is 5.69 Å². The van der Waals surface area contributed by atoms with Crippen molar-refractivity contribution < 1.29 is 0 Å². The van der Waals surface area contributed by atoms with Gasteiger partial charge in [0.1, 0.15) is 0 Å². The third-order valence-electron chi connectivity index (χ3n) is 1.93. The van der Waals surface area contributed by atoms with Crippen LogP contribution in [0.2, 0.25) is 0 Å². The molecule has 0 saturated heterocycles. The van der Waals surface area contributed by atoms with Crippen molar-refractivity contribution in [2.24, 2.45) is 5.92 Å². The zero-order valence-electron chi connectivity index (χ0n) is 7.70. The Bertz CT molecular complexity index is 238. The van der Waals surface area contributed by atoms with Gasteiger partial charge in [0.2, 0.25) is 0 Å². The quantitative estimate of drug-likeness (QED) is 0.663. The summed E-state index contributed by atoms with van der Waals surface area (Å²) in [7, 11) is 0. The summed E-state index contributed by atoms with van der Waals surface area (Å²) in [4.78, 5) is 4.20. The highest BCUT2D eigenvalue weighted by Gasteiger charge is 1.90. The van der Waals surface area contributed by atoms with Gasteiger partial charge in [-0.1, -0.05) is 32.4 Å². The van der Waals surface area contributed by atoms with E-state index in [2.05, 4.69) is 31.0 Å². The molecule has 0 aliphatic rings. The van der Waals surface area contributed by atoms with E-state index in [1.165, 1.54) is 6.42 Å². The lowest BCUT2D eigenvalue weighted by molar-refractivity contribution is 0.701. The van der Waals surface area contributed by atoms with E-state index in [9.17, 15) is 0 Å². The van der Waals surface area contributed by atoms with Crippen molar-refractivity contribution in [3.05, 3.63) is 36.2 Å². The molecule has 12 heavy (non-hydrogen) atoms. The van der Waals surface area contributed by atoms with Crippen molar-refractivity contribution in [2.75, 3.05) is 0 Å². The van der Waals surface area contributed by atoms with Crippen molar-refractivity contribution in [3.8, 4) is 0 Å². The first-order valence-electron chi connectivity index (χ1n) is 4.42. The summed E-state index contributed by atoms with van der Waals surface area (Å²) in [6.07, 6.45) is 7.27. The second-order valence-corrected chi connectivity index (χ2v) is 3.00. The van der Waals surface area contributed by atoms with Crippen molar-refractivity contribution >= 4 is 6.08 Å². The normalized spacial score (nSPS) is 13.5. The fraction of sp³-hybridized carbons (Fsp3) is 0.364. The minimum absolute atomic E-state index is 0.645. The first-order chi connectivity index (χ1) is 5.83. The highest BCUT2D eigenvalue weighted by Crippen LogP contribution is 2.05. The Labute approximate surface area is 74.2 Å². The van der Waals surface area contributed by atoms with Gasteiger partial charge in [-0.05, 0) is 24.1 Å². The first kappa shape index (κ1) is 8.98. The summed E-state index contributed by atoms with van der Waals surface area (Å²) < 4.78 is 0. The van der Waals surface area contributed by atoms with Gasteiger partial charge in [0, 0.05) is 6.20 Å². The smallest absolute Gasteiger partial charge is 0.0626 e. The third kappa shape index (κ3) is 2.87. The molecule has 1 rings (SSSR count). The standard InChI is InChI=1S/C11H15N/c1-3-10(2)7-8-11-6-4-5-9-12-11/h4-10H,3H2,1-2H3/b8-7+. The van der Waals surface area contributed by atoms with Crippen molar-refractivity contribution in [2.45, 2.75) is 20.3 Å².